The van der Waals surface area contributed by atoms with Crippen molar-refractivity contribution < 1.29 is 9.90 Å². The van der Waals surface area contributed by atoms with Crippen LogP contribution < -0.4 is 11.1 Å². The van der Waals surface area contributed by atoms with E-state index in [1.165, 1.54) is 0 Å². The summed E-state index contributed by atoms with van der Waals surface area (Å²) >= 11 is 1.57. The molecule has 4 N–H and O–H groups in total. The van der Waals surface area contributed by atoms with Gasteiger partial charge in [0.1, 0.15) is 0 Å². The summed E-state index contributed by atoms with van der Waals surface area (Å²) in [6, 6.07) is -0.118. The standard InChI is InChI=1S/C5H12N2O2S/c1-10-3-4(2-6)7-5(8)9/h4,7H,2-3,6H2,1H3,(H,8,9). The first-order valence-corrected chi connectivity index (χ1v) is 4.28. The van der Waals surface area contributed by atoms with Gasteiger partial charge in [-0.15, -0.1) is 0 Å². The van der Waals surface area contributed by atoms with E-state index in [0.29, 0.717) is 6.54 Å². The van der Waals surface area contributed by atoms with Gasteiger partial charge >= 0.3 is 6.09 Å². The molecule has 0 aromatic rings. The minimum atomic E-state index is -1.01. The van der Waals surface area contributed by atoms with Gasteiger partial charge in [-0.3, -0.25) is 0 Å². The third kappa shape index (κ3) is 4.46. The maximum absolute atomic E-state index is 10.1. The second kappa shape index (κ2) is 5.37. The molecule has 1 amide bonds. The molecule has 0 aliphatic heterocycles. The summed E-state index contributed by atoms with van der Waals surface area (Å²) in [6.07, 6.45) is 0.899. The molecule has 0 saturated carbocycles. The van der Waals surface area contributed by atoms with Crippen LogP contribution in [-0.2, 0) is 0 Å². The number of rotatable bonds is 4. The number of hydrogen-bond donors (Lipinski definition) is 3. The molecule has 0 fully saturated rings. The molecule has 0 radical (unpaired) electrons. The molecule has 0 aromatic carbocycles. The first kappa shape index (κ1) is 9.58. The molecule has 0 rings (SSSR count). The lowest BCUT2D eigenvalue weighted by Crippen LogP contribution is -2.41. The minimum Gasteiger partial charge on any atom is -0.465 e. The quantitative estimate of drug-likeness (QED) is 0.544. The lowest BCUT2D eigenvalue weighted by Gasteiger charge is -2.11. The molecule has 5 heteroatoms. The average molecular weight is 164 g/mol. The monoisotopic (exact) mass is 164 g/mol. The second-order valence-corrected chi connectivity index (χ2v) is 2.75. The smallest absolute Gasteiger partial charge is 0.404 e. The Kier molecular flexibility index (Phi) is 5.15. The third-order valence-electron chi connectivity index (χ3n) is 0.980. The van der Waals surface area contributed by atoms with Crippen molar-refractivity contribution >= 4 is 17.9 Å². The van der Waals surface area contributed by atoms with Gasteiger partial charge in [-0.25, -0.2) is 4.79 Å². The Morgan fingerprint density at radius 3 is 2.80 bits per heavy atom. The highest BCUT2D eigenvalue weighted by Crippen LogP contribution is 1.94. The zero-order valence-electron chi connectivity index (χ0n) is 5.83. The number of hydrogen-bond acceptors (Lipinski definition) is 3. The molecular formula is C5H12N2O2S. The van der Waals surface area contributed by atoms with Crippen LogP contribution in [-0.4, -0.2) is 35.8 Å². The maximum atomic E-state index is 10.1. The Morgan fingerprint density at radius 1 is 1.90 bits per heavy atom. The van der Waals surface area contributed by atoms with Crippen LogP contribution in [0.3, 0.4) is 0 Å². The largest absolute Gasteiger partial charge is 0.465 e. The van der Waals surface area contributed by atoms with E-state index in [1.807, 2.05) is 6.26 Å². The van der Waals surface area contributed by atoms with Crippen LogP contribution in [0.1, 0.15) is 0 Å². The van der Waals surface area contributed by atoms with Gasteiger partial charge in [-0.05, 0) is 6.26 Å². The highest BCUT2D eigenvalue weighted by Gasteiger charge is 2.06. The molecule has 0 aliphatic rings. The number of thioether (sulfide) groups is 1. The van der Waals surface area contributed by atoms with Crippen molar-refractivity contribution in [1.29, 1.82) is 0 Å². The Hall–Kier alpha value is -0.420. The van der Waals surface area contributed by atoms with Gasteiger partial charge in [0, 0.05) is 12.3 Å². The first-order chi connectivity index (χ1) is 4.70. The van der Waals surface area contributed by atoms with Gasteiger partial charge in [0.15, 0.2) is 0 Å². The van der Waals surface area contributed by atoms with E-state index in [4.69, 9.17) is 10.8 Å². The van der Waals surface area contributed by atoms with Crippen molar-refractivity contribution in [1.82, 2.24) is 5.32 Å². The molecule has 4 nitrogen and oxygen atoms in total. The number of amides is 1. The van der Waals surface area contributed by atoms with E-state index < -0.39 is 6.09 Å². The molecule has 0 spiro atoms. The van der Waals surface area contributed by atoms with Crippen molar-refractivity contribution in [2.75, 3.05) is 18.6 Å². The number of carbonyl (C=O) groups is 1. The summed E-state index contributed by atoms with van der Waals surface area (Å²) < 4.78 is 0. The van der Waals surface area contributed by atoms with E-state index in [9.17, 15) is 4.79 Å². The third-order valence-corrected chi connectivity index (χ3v) is 1.72. The van der Waals surface area contributed by atoms with Crippen molar-refractivity contribution in [3.8, 4) is 0 Å². The second-order valence-electron chi connectivity index (χ2n) is 1.84. The van der Waals surface area contributed by atoms with Crippen LogP contribution >= 0.6 is 11.8 Å². The average Bonchev–Trinajstić information content (AvgIpc) is 1.86. The molecular weight excluding hydrogens is 152 g/mol. The van der Waals surface area contributed by atoms with Gasteiger partial charge < -0.3 is 16.2 Å². The van der Waals surface area contributed by atoms with Gasteiger partial charge in [0.25, 0.3) is 0 Å². The molecule has 0 aromatic heterocycles. The van der Waals surface area contributed by atoms with Crippen LogP contribution in [0, 0.1) is 0 Å². The molecule has 0 bridgehead atoms. The van der Waals surface area contributed by atoms with E-state index in [1.54, 1.807) is 11.8 Å². The highest BCUT2D eigenvalue weighted by atomic mass is 32.2. The molecule has 0 aliphatic carbocycles. The Labute approximate surface area is 64.2 Å². The SMILES string of the molecule is CSCC(CN)NC(=O)O. The number of carboxylic acid groups (broad SMARTS) is 1. The van der Waals surface area contributed by atoms with Crippen LogP contribution in [0.2, 0.25) is 0 Å². The summed E-state index contributed by atoms with van der Waals surface area (Å²) in [5.74, 6) is 0.725. The molecule has 1 unspecified atom stereocenters. The number of nitrogens with one attached hydrogen (secondary N) is 1. The summed E-state index contributed by atoms with van der Waals surface area (Å²) in [5.41, 5.74) is 5.27. The zero-order chi connectivity index (χ0) is 7.98. The van der Waals surface area contributed by atoms with E-state index in [-0.39, 0.29) is 6.04 Å². The van der Waals surface area contributed by atoms with Crippen molar-refractivity contribution in [2.45, 2.75) is 6.04 Å². The summed E-state index contributed by atoms with van der Waals surface area (Å²) in [7, 11) is 0. The van der Waals surface area contributed by atoms with E-state index in [0.717, 1.165) is 5.75 Å². The fourth-order valence-electron chi connectivity index (χ4n) is 0.544. The van der Waals surface area contributed by atoms with Gasteiger partial charge in [0.2, 0.25) is 0 Å². The van der Waals surface area contributed by atoms with Gasteiger partial charge in [0.05, 0.1) is 6.04 Å². The maximum Gasteiger partial charge on any atom is 0.404 e. The highest BCUT2D eigenvalue weighted by molar-refractivity contribution is 7.98. The number of nitrogens with two attached hydrogens (primary N) is 1. The predicted octanol–water partition coefficient (Wildman–Crippen LogP) is -0.0557. The lowest BCUT2D eigenvalue weighted by atomic mass is 10.3. The summed E-state index contributed by atoms with van der Waals surface area (Å²) in [6.45, 7) is 0.354. The lowest BCUT2D eigenvalue weighted by molar-refractivity contribution is 0.191. The van der Waals surface area contributed by atoms with Gasteiger partial charge in [-0.2, -0.15) is 11.8 Å². The van der Waals surface area contributed by atoms with Crippen LogP contribution in [0.4, 0.5) is 4.79 Å². The molecule has 0 saturated heterocycles. The van der Waals surface area contributed by atoms with Crippen molar-refractivity contribution in [3.63, 3.8) is 0 Å². The topological polar surface area (TPSA) is 75.3 Å². The predicted molar refractivity (Wildman–Crippen MR) is 42.4 cm³/mol. The van der Waals surface area contributed by atoms with Crippen molar-refractivity contribution in [2.24, 2.45) is 5.73 Å². The Morgan fingerprint density at radius 2 is 2.50 bits per heavy atom. The fraction of sp³-hybridized carbons (Fsp3) is 0.800. The van der Waals surface area contributed by atoms with Gasteiger partial charge in [-0.1, -0.05) is 0 Å². The van der Waals surface area contributed by atoms with E-state index >= 15 is 0 Å². The summed E-state index contributed by atoms with van der Waals surface area (Å²) in [4.78, 5) is 10.1. The Balaban J connectivity index is 3.49. The van der Waals surface area contributed by atoms with Crippen molar-refractivity contribution in [3.05, 3.63) is 0 Å². The Bertz CT molecular complexity index is 110. The normalized spacial score (nSPS) is 12.6. The van der Waals surface area contributed by atoms with E-state index in [2.05, 4.69) is 5.32 Å². The van der Waals surface area contributed by atoms with Crippen LogP contribution in [0.15, 0.2) is 0 Å². The molecule has 0 heterocycles. The minimum absolute atomic E-state index is 0.118. The van der Waals surface area contributed by atoms with Crippen LogP contribution in [0.5, 0.6) is 0 Å². The molecule has 1 atom stereocenters. The molecule has 10 heavy (non-hydrogen) atoms. The summed E-state index contributed by atoms with van der Waals surface area (Å²) in [5, 5.41) is 10.6. The zero-order valence-corrected chi connectivity index (χ0v) is 6.65. The molecule has 60 valence electrons. The first-order valence-electron chi connectivity index (χ1n) is 2.89. The fourth-order valence-corrected chi connectivity index (χ4v) is 1.17. The van der Waals surface area contributed by atoms with Crippen LogP contribution in [0.25, 0.3) is 0 Å².